The lowest BCUT2D eigenvalue weighted by Gasteiger charge is -2.06. The monoisotopic (exact) mass is 222 g/mol. The van der Waals surface area contributed by atoms with Gasteiger partial charge >= 0.3 is 6.18 Å². The molecule has 0 radical (unpaired) electrons. The van der Waals surface area contributed by atoms with Gasteiger partial charge in [0.25, 0.3) is 0 Å². The Bertz CT molecular complexity index is 301. The Kier molecular flexibility index (Phi) is 3.62. The predicted octanol–water partition coefficient (Wildman–Crippen LogP) is 2.71. The number of anilines is 1. The summed E-state index contributed by atoms with van der Waals surface area (Å²) in [5.74, 6) is -0.0509. The maximum atomic E-state index is 11.8. The molecule has 6 heteroatoms. The van der Waals surface area contributed by atoms with Crippen molar-refractivity contribution >= 4 is 17.4 Å². The summed E-state index contributed by atoms with van der Waals surface area (Å²) in [6, 6.07) is 3.26. The molecule has 1 aromatic heterocycles. The highest BCUT2D eigenvalue weighted by Crippen LogP contribution is 2.27. The van der Waals surface area contributed by atoms with E-state index >= 15 is 0 Å². The average Bonchev–Trinajstić information content (AvgIpc) is 2.06. The molecule has 0 bridgehead atoms. The van der Waals surface area contributed by atoms with Crippen LogP contribution in [-0.2, 0) is 0 Å². The second-order valence-electron chi connectivity index (χ2n) is 2.61. The number of nitrogens with two attached hydrogens (primary N) is 1. The number of halogens is 3. The van der Waals surface area contributed by atoms with Crippen LogP contribution in [-0.4, -0.2) is 16.9 Å². The van der Waals surface area contributed by atoms with Crippen LogP contribution in [0.4, 0.5) is 18.9 Å². The van der Waals surface area contributed by atoms with E-state index in [1.165, 1.54) is 6.20 Å². The first-order valence-corrected chi connectivity index (χ1v) is 4.87. The van der Waals surface area contributed by atoms with Crippen molar-refractivity contribution in [1.29, 1.82) is 0 Å². The van der Waals surface area contributed by atoms with Gasteiger partial charge in [0.1, 0.15) is 5.03 Å². The van der Waals surface area contributed by atoms with Crippen LogP contribution in [0.3, 0.4) is 0 Å². The molecule has 0 saturated carbocycles. The van der Waals surface area contributed by atoms with E-state index < -0.39 is 12.6 Å². The number of pyridine rings is 1. The van der Waals surface area contributed by atoms with E-state index in [2.05, 4.69) is 4.98 Å². The first kappa shape index (κ1) is 11.2. The lowest BCUT2D eigenvalue weighted by molar-refractivity contribution is -0.129. The van der Waals surface area contributed by atoms with Gasteiger partial charge in [0.2, 0.25) is 0 Å². The molecule has 0 unspecified atom stereocenters. The van der Waals surface area contributed by atoms with E-state index in [1.807, 2.05) is 0 Å². The van der Waals surface area contributed by atoms with Gasteiger partial charge in [-0.25, -0.2) is 4.98 Å². The minimum atomic E-state index is -4.11. The molecule has 2 nitrogen and oxygen atoms in total. The summed E-state index contributed by atoms with van der Waals surface area (Å²) in [5, 5.41) is 0.455. The van der Waals surface area contributed by atoms with E-state index in [0.717, 1.165) is 11.8 Å². The lowest BCUT2D eigenvalue weighted by atomic mass is 10.4. The number of alkyl halides is 3. The number of thioether (sulfide) groups is 1. The zero-order chi connectivity index (χ0) is 10.6. The van der Waals surface area contributed by atoms with Crippen molar-refractivity contribution < 1.29 is 13.2 Å². The van der Waals surface area contributed by atoms with Crippen LogP contribution >= 0.6 is 11.8 Å². The summed E-state index contributed by atoms with van der Waals surface area (Å²) in [7, 11) is 0. The molecular weight excluding hydrogens is 213 g/mol. The molecule has 0 aliphatic carbocycles. The molecule has 14 heavy (non-hydrogen) atoms. The molecule has 0 amide bonds. The molecule has 0 aliphatic rings. The predicted molar refractivity (Wildman–Crippen MR) is 50.0 cm³/mol. The SMILES string of the molecule is Nc1cccnc1SCCC(F)(F)F. The van der Waals surface area contributed by atoms with Crippen molar-refractivity contribution in [2.75, 3.05) is 11.5 Å². The zero-order valence-electron chi connectivity index (χ0n) is 7.21. The van der Waals surface area contributed by atoms with Crippen LogP contribution < -0.4 is 5.73 Å². The summed E-state index contributed by atoms with van der Waals surface area (Å²) in [6.45, 7) is 0. The largest absolute Gasteiger partial charge is 0.397 e. The summed E-state index contributed by atoms with van der Waals surface area (Å²) in [5.41, 5.74) is 5.92. The van der Waals surface area contributed by atoms with Crippen LogP contribution in [0, 0.1) is 0 Å². The highest BCUT2D eigenvalue weighted by atomic mass is 32.2. The number of nitrogens with zero attached hydrogens (tertiary/aromatic N) is 1. The van der Waals surface area contributed by atoms with Crippen LogP contribution in [0.1, 0.15) is 6.42 Å². The van der Waals surface area contributed by atoms with Gasteiger partial charge < -0.3 is 5.73 Å². The Labute approximate surface area is 83.7 Å². The van der Waals surface area contributed by atoms with Gasteiger partial charge in [0.05, 0.1) is 12.1 Å². The lowest BCUT2D eigenvalue weighted by Crippen LogP contribution is -2.08. The van der Waals surface area contributed by atoms with Gasteiger partial charge in [0, 0.05) is 11.9 Å². The molecule has 1 aromatic rings. The first-order valence-electron chi connectivity index (χ1n) is 3.89. The minimum Gasteiger partial charge on any atom is -0.397 e. The number of rotatable bonds is 3. The Balaban J connectivity index is 2.43. The van der Waals surface area contributed by atoms with Gasteiger partial charge in [-0.15, -0.1) is 11.8 Å². The Morgan fingerprint density at radius 1 is 1.43 bits per heavy atom. The zero-order valence-corrected chi connectivity index (χ0v) is 8.03. The van der Waals surface area contributed by atoms with Crippen molar-refractivity contribution in [3.63, 3.8) is 0 Å². The normalized spacial score (nSPS) is 11.6. The van der Waals surface area contributed by atoms with Crippen LogP contribution in [0.25, 0.3) is 0 Å². The quantitative estimate of drug-likeness (QED) is 0.799. The third kappa shape index (κ3) is 3.87. The minimum absolute atomic E-state index is 0.0509. The van der Waals surface area contributed by atoms with E-state index in [-0.39, 0.29) is 5.75 Å². The number of aromatic nitrogens is 1. The molecular formula is C8H9F3N2S. The molecule has 1 rings (SSSR count). The highest BCUT2D eigenvalue weighted by Gasteiger charge is 2.26. The second kappa shape index (κ2) is 4.54. The fraction of sp³-hybridized carbons (Fsp3) is 0.375. The van der Waals surface area contributed by atoms with Crippen LogP contribution in [0.5, 0.6) is 0 Å². The van der Waals surface area contributed by atoms with E-state index in [9.17, 15) is 13.2 Å². The third-order valence-electron chi connectivity index (χ3n) is 1.42. The maximum Gasteiger partial charge on any atom is 0.389 e. The first-order chi connectivity index (χ1) is 6.49. The summed E-state index contributed by atoms with van der Waals surface area (Å²) < 4.78 is 35.4. The van der Waals surface area contributed by atoms with Gasteiger partial charge in [-0.3, -0.25) is 0 Å². The summed E-state index contributed by atoms with van der Waals surface area (Å²) in [4.78, 5) is 3.87. The number of hydrogen-bond acceptors (Lipinski definition) is 3. The molecule has 1 heterocycles. The standard InChI is InChI=1S/C8H9F3N2S/c9-8(10,11)3-5-14-7-6(12)2-1-4-13-7/h1-2,4H,3,5,12H2. The molecule has 0 atom stereocenters. The molecule has 0 aromatic carbocycles. The van der Waals surface area contributed by atoms with E-state index in [1.54, 1.807) is 12.1 Å². The Hall–Kier alpha value is -0.910. The van der Waals surface area contributed by atoms with Crippen LogP contribution in [0.15, 0.2) is 23.4 Å². The van der Waals surface area contributed by atoms with Crippen molar-refractivity contribution in [2.45, 2.75) is 17.6 Å². The highest BCUT2D eigenvalue weighted by molar-refractivity contribution is 7.99. The second-order valence-corrected chi connectivity index (χ2v) is 3.70. The fourth-order valence-electron chi connectivity index (χ4n) is 0.787. The topological polar surface area (TPSA) is 38.9 Å². The fourth-order valence-corrected chi connectivity index (χ4v) is 1.68. The Morgan fingerprint density at radius 3 is 2.71 bits per heavy atom. The molecule has 0 spiro atoms. The third-order valence-corrected chi connectivity index (χ3v) is 2.45. The van der Waals surface area contributed by atoms with Crippen molar-refractivity contribution in [1.82, 2.24) is 4.98 Å². The summed E-state index contributed by atoms with van der Waals surface area (Å²) >= 11 is 1.02. The van der Waals surface area contributed by atoms with Gasteiger partial charge in [-0.2, -0.15) is 13.2 Å². The number of hydrogen-bond donors (Lipinski definition) is 1. The molecule has 0 saturated heterocycles. The molecule has 0 fully saturated rings. The number of nitrogen functional groups attached to an aromatic ring is 1. The summed E-state index contributed by atoms with van der Waals surface area (Å²) in [6.07, 6.45) is -3.43. The smallest absolute Gasteiger partial charge is 0.389 e. The maximum absolute atomic E-state index is 11.8. The Morgan fingerprint density at radius 2 is 2.14 bits per heavy atom. The van der Waals surface area contributed by atoms with E-state index in [4.69, 9.17) is 5.73 Å². The van der Waals surface area contributed by atoms with E-state index in [0.29, 0.717) is 10.7 Å². The molecule has 2 N–H and O–H groups in total. The van der Waals surface area contributed by atoms with Gasteiger partial charge in [-0.1, -0.05) is 0 Å². The van der Waals surface area contributed by atoms with Crippen molar-refractivity contribution in [2.24, 2.45) is 0 Å². The van der Waals surface area contributed by atoms with Crippen LogP contribution in [0.2, 0.25) is 0 Å². The molecule has 0 aliphatic heterocycles. The molecule has 78 valence electrons. The van der Waals surface area contributed by atoms with Crippen molar-refractivity contribution in [3.05, 3.63) is 18.3 Å². The van der Waals surface area contributed by atoms with Gasteiger partial charge in [0.15, 0.2) is 0 Å². The van der Waals surface area contributed by atoms with Gasteiger partial charge in [-0.05, 0) is 12.1 Å². The van der Waals surface area contributed by atoms with Crippen molar-refractivity contribution in [3.8, 4) is 0 Å². The average molecular weight is 222 g/mol.